The second-order valence-electron chi connectivity index (χ2n) is 5.75. The van der Waals surface area contributed by atoms with Gasteiger partial charge in [0.05, 0.1) is 12.5 Å². The molecule has 0 aromatic rings. The van der Waals surface area contributed by atoms with Crippen molar-refractivity contribution >= 4 is 11.8 Å². The van der Waals surface area contributed by atoms with E-state index in [1.54, 1.807) is 7.05 Å². The zero-order valence-electron chi connectivity index (χ0n) is 11.4. The number of carbonyl (C=O) groups is 2. The molecule has 1 aliphatic heterocycles. The molecule has 1 heterocycles. The summed E-state index contributed by atoms with van der Waals surface area (Å²) >= 11 is 0. The molecule has 1 saturated heterocycles. The van der Waals surface area contributed by atoms with E-state index in [2.05, 4.69) is 12.2 Å². The van der Waals surface area contributed by atoms with Gasteiger partial charge in [-0.3, -0.25) is 14.5 Å². The zero-order valence-corrected chi connectivity index (χ0v) is 11.4. The molecular weight excluding hydrogens is 228 g/mol. The van der Waals surface area contributed by atoms with E-state index in [0.29, 0.717) is 12.3 Å². The van der Waals surface area contributed by atoms with Crippen molar-refractivity contribution in [3.8, 4) is 0 Å². The average Bonchev–Trinajstić information content (AvgIpc) is 2.64. The van der Waals surface area contributed by atoms with Crippen LogP contribution in [0.25, 0.3) is 0 Å². The highest BCUT2D eigenvalue weighted by Crippen LogP contribution is 2.30. The first kappa shape index (κ1) is 13.5. The van der Waals surface area contributed by atoms with Gasteiger partial charge in [0, 0.05) is 7.05 Å². The molecule has 2 aliphatic rings. The van der Waals surface area contributed by atoms with Gasteiger partial charge in [-0.05, 0) is 31.2 Å². The van der Waals surface area contributed by atoms with Gasteiger partial charge in [0.25, 0.3) is 0 Å². The van der Waals surface area contributed by atoms with Crippen molar-refractivity contribution in [1.82, 2.24) is 10.2 Å². The maximum absolute atomic E-state index is 11.7. The maximum atomic E-state index is 11.7. The van der Waals surface area contributed by atoms with Crippen LogP contribution in [0.15, 0.2) is 0 Å². The Morgan fingerprint density at radius 1 is 1.17 bits per heavy atom. The van der Waals surface area contributed by atoms with E-state index in [1.165, 1.54) is 37.0 Å². The molecule has 0 aromatic carbocycles. The van der Waals surface area contributed by atoms with E-state index in [4.69, 9.17) is 0 Å². The van der Waals surface area contributed by atoms with Gasteiger partial charge < -0.3 is 5.32 Å². The van der Waals surface area contributed by atoms with Crippen LogP contribution in [0, 0.1) is 11.8 Å². The van der Waals surface area contributed by atoms with E-state index in [1.807, 2.05) is 0 Å². The number of likely N-dealkylation sites (N-methyl/N-ethyl adjacent to an activating group) is 1. The third-order valence-corrected chi connectivity index (χ3v) is 4.58. The van der Waals surface area contributed by atoms with Gasteiger partial charge in [0.1, 0.15) is 0 Å². The summed E-state index contributed by atoms with van der Waals surface area (Å²) in [6, 6.07) is -0.272. The van der Waals surface area contributed by atoms with Crippen LogP contribution in [0.1, 0.15) is 45.4 Å². The Kier molecular flexibility index (Phi) is 4.38. The lowest BCUT2D eigenvalue weighted by atomic mass is 9.81. The standard InChI is InChI=1S/C14H24N2O2/c1-3-10-4-6-11(7-5-10)9-15-12-8-13(17)16(2)14(12)18/h10-12,15H,3-9H2,1-2H3. The van der Waals surface area contributed by atoms with Crippen LogP contribution in [-0.2, 0) is 9.59 Å². The minimum atomic E-state index is -0.272. The number of rotatable bonds is 4. The Morgan fingerprint density at radius 3 is 2.28 bits per heavy atom. The highest BCUT2D eigenvalue weighted by atomic mass is 16.2. The predicted molar refractivity (Wildman–Crippen MR) is 69.9 cm³/mol. The van der Waals surface area contributed by atoms with Crippen LogP contribution >= 0.6 is 0 Å². The fourth-order valence-corrected chi connectivity index (χ4v) is 3.07. The van der Waals surface area contributed by atoms with Gasteiger partial charge in [0.15, 0.2) is 0 Å². The molecular formula is C14H24N2O2. The van der Waals surface area contributed by atoms with Crippen molar-refractivity contribution in [2.75, 3.05) is 13.6 Å². The predicted octanol–water partition coefficient (Wildman–Crippen LogP) is 1.55. The van der Waals surface area contributed by atoms with Crippen molar-refractivity contribution in [2.45, 2.75) is 51.5 Å². The minimum Gasteiger partial charge on any atom is -0.305 e. The van der Waals surface area contributed by atoms with Crippen LogP contribution in [0.3, 0.4) is 0 Å². The molecule has 1 saturated carbocycles. The first-order valence-corrected chi connectivity index (χ1v) is 7.15. The molecule has 0 aromatic heterocycles. The molecule has 4 nitrogen and oxygen atoms in total. The molecule has 1 atom stereocenters. The molecule has 2 rings (SSSR count). The Balaban J connectivity index is 1.73. The summed E-state index contributed by atoms with van der Waals surface area (Å²) in [4.78, 5) is 24.4. The van der Waals surface area contributed by atoms with E-state index in [-0.39, 0.29) is 17.9 Å². The number of carbonyl (C=O) groups excluding carboxylic acids is 2. The fourth-order valence-electron chi connectivity index (χ4n) is 3.07. The summed E-state index contributed by atoms with van der Waals surface area (Å²) < 4.78 is 0. The number of likely N-dealkylation sites (tertiary alicyclic amines) is 1. The number of nitrogens with one attached hydrogen (secondary N) is 1. The summed E-state index contributed by atoms with van der Waals surface area (Å²) in [5, 5.41) is 3.28. The second kappa shape index (κ2) is 5.83. The number of amides is 2. The second-order valence-corrected chi connectivity index (χ2v) is 5.75. The van der Waals surface area contributed by atoms with Crippen molar-refractivity contribution in [1.29, 1.82) is 0 Å². The van der Waals surface area contributed by atoms with Crippen LogP contribution in [0.4, 0.5) is 0 Å². The average molecular weight is 252 g/mol. The lowest BCUT2D eigenvalue weighted by Crippen LogP contribution is -2.40. The van der Waals surface area contributed by atoms with Gasteiger partial charge in [-0.2, -0.15) is 0 Å². The molecule has 2 amide bonds. The van der Waals surface area contributed by atoms with E-state index in [9.17, 15) is 9.59 Å². The summed E-state index contributed by atoms with van der Waals surface area (Å²) in [6.45, 7) is 3.15. The minimum absolute atomic E-state index is 0.0628. The monoisotopic (exact) mass is 252 g/mol. The molecule has 2 fully saturated rings. The molecule has 102 valence electrons. The maximum Gasteiger partial charge on any atom is 0.246 e. The fraction of sp³-hybridized carbons (Fsp3) is 0.857. The lowest BCUT2D eigenvalue weighted by molar-refractivity contribution is -0.137. The first-order chi connectivity index (χ1) is 8.61. The lowest BCUT2D eigenvalue weighted by Gasteiger charge is -2.28. The van der Waals surface area contributed by atoms with Crippen LogP contribution < -0.4 is 5.32 Å². The first-order valence-electron chi connectivity index (χ1n) is 7.15. The Hall–Kier alpha value is -0.900. The molecule has 4 heteroatoms. The Labute approximate surface area is 109 Å². The summed E-state index contributed by atoms with van der Waals surface area (Å²) in [7, 11) is 1.57. The SMILES string of the molecule is CCC1CCC(CNC2CC(=O)N(C)C2=O)CC1. The molecule has 18 heavy (non-hydrogen) atoms. The van der Waals surface area contributed by atoms with Crippen molar-refractivity contribution in [3.05, 3.63) is 0 Å². The topological polar surface area (TPSA) is 49.4 Å². The van der Waals surface area contributed by atoms with Gasteiger partial charge in [-0.1, -0.05) is 26.2 Å². The molecule has 1 N–H and O–H groups in total. The van der Waals surface area contributed by atoms with Gasteiger partial charge in [0.2, 0.25) is 11.8 Å². The van der Waals surface area contributed by atoms with Crippen LogP contribution in [-0.4, -0.2) is 36.3 Å². The van der Waals surface area contributed by atoms with Crippen molar-refractivity contribution in [2.24, 2.45) is 11.8 Å². The third-order valence-electron chi connectivity index (χ3n) is 4.58. The van der Waals surface area contributed by atoms with Crippen molar-refractivity contribution < 1.29 is 9.59 Å². The van der Waals surface area contributed by atoms with Gasteiger partial charge >= 0.3 is 0 Å². The molecule has 0 bridgehead atoms. The number of hydrogen-bond acceptors (Lipinski definition) is 3. The summed E-state index contributed by atoms with van der Waals surface area (Å²) in [6.07, 6.45) is 6.78. The largest absolute Gasteiger partial charge is 0.305 e. The zero-order chi connectivity index (χ0) is 13.1. The Bertz CT molecular complexity index is 322. The molecule has 1 unspecified atom stereocenters. The quantitative estimate of drug-likeness (QED) is 0.772. The summed E-state index contributed by atoms with van der Waals surface area (Å²) in [5.41, 5.74) is 0. The third kappa shape index (κ3) is 2.91. The highest BCUT2D eigenvalue weighted by Gasteiger charge is 2.36. The van der Waals surface area contributed by atoms with Crippen LogP contribution in [0.2, 0.25) is 0 Å². The van der Waals surface area contributed by atoms with Crippen molar-refractivity contribution in [3.63, 3.8) is 0 Å². The number of nitrogens with zero attached hydrogens (tertiary/aromatic N) is 1. The molecule has 0 radical (unpaired) electrons. The molecule has 0 spiro atoms. The number of hydrogen-bond donors (Lipinski definition) is 1. The summed E-state index contributed by atoms with van der Waals surface area (Å²) in [5.74, 6) is 1.46. The molecule has 1 aliphatic carbocycles. The van der Waals surface area contributed by atoms with E-state index < -0.39 is 0 Å². The number of imide groups is 1. The Morgan fingerprint density at radius 2 is 1.78 bits per heavy atom. The van der Waals surface area contributed by atoms with E-state index in [0.717, 1.165) is 12.5 Å². The van der Waals surface area contributed by atoms with Gasteiger partial charge in [-0.15, -0.1) is 0 Å². The van der Waals surface area contributed by atoms with Crippen LogP contribution in [0.5, 0.6) is 0 Å². The highest BCUT2D eigenvalue weighted by molar-refractivity contribution is 6.05. The normalized spacial score (nSPS) is 33.2. The smallest absolute Gasteiger partial charge is 0.246 e. The van der Waals surface area contributed by atoms with Gasteiger partial charge in [-0.25, -0.2) is 0 Å². The van der Waals surface area contributed by atoms with E-state index >= 15 is 0 Å².